The maximum atomic E-state index is 10.9. The van der Waals surface area contributed by atoms with Crippen molar-refractivity contribution in [2.45, 2.75) is 45.6 Å². The molecule has 0 spiro atoms. The fourth-order valence-corrected chi connectivity index (χ4v) is 4.16. The Morgan fingerprint density at radius 2 is 1.93 bits per heavy atom. The molecule has 1 N–H and O–H groups in total. The van der Waals surface area contributed by atoms with Crippen LogP contribution < -0.4 is 0 Å². The molecule has 2 aliphatic rings. The summed E-state index contributed by atoms with van der Waals surface area (Å²) >= 11 is 0. The van der Waals surface area contributed by atoms with Crippen LogP contribution in [-0.4, -0.2) is 18.6 Å². The molecule has 4 nitrogen and oxygen atoms in total. The van der Waals surface area contributed by atoms with Crippen molar-refractivity contribution in [2.75, 3.05) is 0 Å². The van der Waals surface area contributed by atoms with Gasteiger partial charge in [-0.05, 0) is 24.7 Å². The van der Waals surface area contributed by atoms with Gasteiger partial charge in [-0.2, -0.15) is 8.42 Å². The summed E-state index contributed by atoms with van der Waals surface area (Å²) < 4.78 is 35.5. The summed E-state index contributed by atoms with van der Waals surface area (Å²) in [5.41, 5.74) is -0.772. The molecule has 2 rings (SSSR count). The summed E-state index contributed by atoms with van der Waals surface area (Å²) in [6, 6.07) is 0. The Kier molecular flexibility index (Phi) is 2.24. The second kappa shape index (κ2) is 2.96. The Balaban J connectivity index is 2.26. The molecule has 0 aromatic carbocycles. The van der Waals surface area contributed by atoms with Crippen LogP contribution in [0.2, 0.25) is 0 Å². The summed E-state index contributed by atoms with van der Waals surface area (Å²) in [5.74, 6) is 0.730. The first-order valence-corrected chi connectivity index (χ1v) is 6.73. The highest BCUT2D eigenvalue weighted by atomic mass is 32.3. The van der Waals surface area contributed by atoms with Crippen molar-refractivity contribution in [1.82, 2.24) is 0 Å². The number of hydrogen-bond acceptors (Lipinski definition) is 3. The van der Waals surface area contributed by atoms with E-state index in [9.17, 15) is 8.42 Å². The van der Waals surface area contributed by atoms with Crippen molar-refractivity contribution in [1.29, 1.82) is 0 Å². The second-order valence-corrected chi connectivity index (χ2v) is 6.58. The molecular weight excluding hydrogens is 216 g/mol. The van der Waals surface area contributed by atoms with E-state index < -0.39 is 16.0 Å². The quantitative estimate of drug-likeness (QED) is 0.742. The van der Waals surface area contributed by atoms with Gasteiger partial charge in [0.1, 0.15) is 0 Å². The van der Waals surface area contributed by atoms with Crippen LogP contribution in [0.15, 0.2) is 0 Å². The average molecular weight is 234 g/mol. The molecule has 0 radical (unpaired) electrons. The molecule has 0 amide bonds. The summed E-state index contributed by atoms with van der Waals surface area (Å²) in [5, 5.41) is 0. The number of rotatable bonds is 2. The van der Waals surface area contributed by atoms with Crippen LogP contribution in [0.5, 0.6) is 0 Å². The third kappa shape index (κ3) is 1.61. The van der Waals surface area contributed by atoms with Gasteiger partial charge in [-0.1, -0.05) is 27.2 Å². The van der Waals surface area contributed by atoms with E-state index in [1.54, 1.807) is 0 Å². The normalized spacial score (nSPS) is 43.5. The van der Waals surface area contributed by atoms with E-state index in [1.807, 2.05) is 13.8 Å². The van der Waals surface area contributed by atoms with Crippen molar-refractivity contribution in [3.8, 4) is 0 Å². The van der Waals surface area contributed by atoms with E-state index in [1.165, 1.54) is 0 Å². The Morgan fingerprint density at radius 1 is 1.33 bits per heavy atom. The Hall–Kier alpha value is -0.130. The molecule has 0 aromatic heterocycles. The van der Waals surface area contributed by atoms with Crippen molar-refractivity contribution >= 4 is 10.4 Å². The molecule has 2 fully saturated rings. The average Bonchev–Trinajstić information content (AvgIpc) is 2.42. The molecular formula is C10H18O4S. The minimum absolute atomic E-state index is 0.131. The van der Waals surface area contributed by atoms with Gasteiger partial charge in [0.25, 0.3) is 0 Å². The lowest BCUT2D eigenvalue weighted by atomic mass is 9.88. The van der Waals surface area contributed by atoms with Gasteiger partial charge in [-0.3, -0.25) is 4.55 Å². The molecule has 0 bridgehead atoms. The van der Waals surface area contributed by atoms with Gasteiger partial charge in [0.05, 0.1) is 5.60 Å². The summed E-state index contributed by atoms with van der Waals surface area (Å²) in [6.45, 7) is 6.13. The van der Waals surface area contributed by atoms with Crippen molar-refractivity contribution in [2.24, 2.45) is 17.3 Å². The topological polar surface area (TPSA) is 63.6 Å². The third-order valence-corrected chi connectivity index (χ3v) is 4.80. The summed E-state index contributed by atoms with van der Waals surface area (Å²) in [6.07, 6.45) is 2.83. The van der Waals surface area contributed by atoms with Gasteiger partial charge >= 0.3 is 10.4 Å². The Labute approximate surface area is 91.0 Å². The fraction of sp³-hybridized carbons (Fsp3) is 1.00. The second-order valence-electron chi connectivity index (χ2n) is 5.56. The largest absolute Gasteiger partial charge is 0.397 e. The van der Waals surface area contributed by atoms with Crippen LogP contribution in [0.25, 0.3) is 0 Å². The van der Waals surface area contributed by atoms with Crippen molar-refractivity contribution in [3.63, 3.8) is 0 Å². The lowest BCUT2D eigenvalue weighted by Gasteiger charge is -2.26. The highest BCUT2D eigenvalue weighted by Crippen LogP contribution is 2.71. The first kappa shape index (κ1) is 11.4. The van der Waals surface area contributed by atoms with Crippen LogP contribution in [0.3, 0.4) is 0 Å². The van der Waals surface area contributed by atoms with Crippen LogP contribution in [0.1, 0.15) is 40.0 Å². The molecule has 5 heteroatoms. The van der Waals surface area contributed by atoms with Gasteiger partial charge in [-0.15, -0.1) is 0 Å². The van der Waals surface area contributed by atoms with E-state index in [0.29, 0.717) is 5.92 Å². The standard InChI is InChI=1S/C10H18O4S/c1-7-4-5-8-9(2,3)10(8,6-7)14-15(11,12)13/h7-8H,4-6H2,1-3H3,(H,11,12,13). The number of fused-ring (bicyclic) bond motifs is 1. The van der Waals surface area contributed by atoms with Crippen molar-refractivity contribution in [3.05, 3.63) is 0 Å². The molecule has 0 saturated heterocycles. The monoisotopic (exact) mass is 234 g/mol. The van der Waals surface area contributed by atoms with Crippen molar-refractivity contribution < 1.29 is 17.2 Å². The molecule has 15 heavy (non-hydrogen) atoms. The van der Waals surface area contributed by atoms with E-state index >= 15 is 0 Å². The minimum Gasteiger partial charge on any atom is -0.264 e. The lowest BCUT2D eigenvalue weighted by Crippen LogP contribution is -2.30. The fourth-order valence-electron chi connectivity index (χ4n) is 3.38. The smallest absolute Gasteiger partial charge is 0.264 e. The molecule has 2 aliphatic carbocycles. The maximum absolute atomic E-state index is 10.9. The van der Waals surface area contributed by atoms with Crippen LogP contribution in [0, 0.1) is 17.3 Å². The van der Waals surface area contributed by atoms with Crippen LogP contribution in [0.4, 0.5) is 0 Å². The predicted molar refractivity (Wildman–Crippen MR) is 55.7 cm³/mol. The predicted octanol–water partition coefficient (Wildman–Crippen LogP) is 2.02. The molecule has 88 valence electrons. The highest BCUT2D eigenvalue weighted by molar-refractivity contribution is 7.80. The van der Waals surface area contributed by atoms with Crippen LogP contribution in [-0.2, 0) is 14.6 Å². The Morgan fingerprint density at radius 3 is 2.47 bits per heavy atom. The summed E-state index contributed by atoms with van der Waals surface area (Å²) in [4.78, 5) is 0. The van der Waals surface area contributed by atoms with E-state index in [2.05, 4.69) is 6.92 Å². The summed E-state index contributed by atoms with van der Waals surface area (Å²) in [7, 11) is -4.33. The first-order chi connectivity index (χ1) is 6.69. The lowest BCUT2D eigenvalue weighted by molar-refractivity contribution is 0.0777. The molecule has 0 heterocycles. The molecule has 2 saturated carbocycles. The third-order valence-electron chi connectivity index (χ3n) is 4.30. The maximum Gasteiger partial charge on any atom is 0.397 e. The van der Waals surface area contributed by atoms with Gasteiger partial charge in [0.2, 0.25) is 0 Å². The molecule has 3 unspecified atom stereocenters. The first-order valence-electron chi connectivity index (χ1n) is 5.37. The molecule has 0 aliphatic heterocycles. The minimum atomic E-state index is -4.33. The zero-order chi connectivity index (χ0) is 11.5. The van der Waals surface area contributed by atoms with E-state index in [0.717, 1.165) is 19.3 Å². The molecule has 0 aromatic rings. The Bertz CT molecular complexity index is 373. The van der Waals surface area contributed by atoms with E-state index in [-0.39, 0.29) is 11.3 Å². The van der Waals surface area contributed by atoms with Gasteiger partial charge in [-0.25, -0.2) is 4.18 Å². The zero-order valence-corrected chi connectivity index (χ0v) is 10.2. The van der Waals surface area contributed by atoms with E-state index in [4.69, 9.17) is 8.74 Å². The number of hydrogen-bond donors (Lipinski definition) is 1. The highest BCUT2D eigenvalue weighted by Gasteiger charge is 2.74. The van der Waals surface area contributed by atoms with Crippen LogP contribution >= 0.6 is 0 Å². The molecule has 3 atom stereocenters. The zero-order valence-electron chi connectivity index (χ0n) is 9.36. The van der Waals surface area contributed by atoms with Gasteiger partial charge in [0.15, 0.2) is 0 Å². The SMILES string of the molecule is CC1CCC2C(C)(C)C2(OS(=O)(=O)O)C1. The van der Waals surface area contributed by atoms with Gasteiger partial charge < -0.3 is 0 Å². The van der Waals surface area contributed by atoms with Gasteiger partial charge in [0, 0.05) is 5.41 Å².